The molecule has 0 saturated carbocycles. The zero-order chi connectivity index (χ0) is 13.3. The van der Waals surface area contributed by atoms with Crippen LogP contribution in [0.25, 0.3) is 0 Å². The van der Waals surface area contributed by atoms with Gasteiger partial charge in [-0.2, -0.15) is 0 Å². The second-order valence-electron chi connectivity index (χ2n) is 4.28. The van der Waals surface area contributed by atoms with Gasteiger partial charge in [-0.3, -0.25) is 4.98 Å². The first-order chi connectivity index (χ1) is 8.49. The number of rotatable bonds is 2. The molecule has 1 unspecified atom stereocenters. The highest BCUT2D eigenvalue weighted by Gasteiger charge is 2.18. The fraction of sp³-hybridized carbons (Fsp3) is 0.214. The van der Waals surface area contributed by atoms with Crippen molar-refractivity contribution in [1.82, 2.24) is 4.98 Å². The fourth-order valence-electron chi connectivity index (χ4n) is 1.88. The zero-order valence-electron chi connectivity index (χ0n) is 10.1. The van der Waals surface area contributed by atoms with Gasteiger partial charge < -0.3 is 5.11 Å². The van der Waals surface area contributed by atoms with Crippen molar-refractivity contribution < 1.29 is 9.50 Å². The van der Waals surface area contributed by atoms with Gasteiger partial charge in [-0.15, -0.1) is 0 Å². The highest BCUT2D eigenvalue weighted by molar-refractivity contribution is 6.30. The van der Waals surface area contributed by atoms with Gasteiger partial charge in [0.2, 0.25) is 0 Å². The average molecular weight is 266 g/mol. The minimum Gasteiger partial charge on any atom is -0.382 e. The average Bonchev–Trinajstić information content (AvgIpc) is 2.28. The quantitative estimate of drug-likeness (QED) is 0.900. The summed E-state index contributed by atoms with van der Waals surface area (Å²) in [4.78, 5) is 4.17. The normalized spacial score (nSPS) is 12.5. The van der Waals surface area contributed by atoms with Crippen LogP contribution in [0.1, 0.15) is 28.5 Å². The standard InChI is InChI=1S/C14H13ClFNO/c1-8-5-9(2)13(17-7-8)14(18)11-4-3-10(15)6-12(11)16/h3-7,14,18H,1-2H3. The molecule has 0 saturated heterocycles. The molecule has 1 N–H and O–H groups in total. The first-order valence-electron chi connectivity index (χ1n) is 5.55. The highest BCUT2D eigenvalue weighted by atomic mass is 35.5. The Balaban J connectivity index is 2.44. The Morgan fingerprint density at radius 1 is 1.28 bits per heavy atom. The fourth-order valence-corrected chi connectivity index (χ4v) is 2.04. The van der Waals surface area contributed by atoms with E-state index in [-0.39, 0.29) is 5.56 Å². The summed E-state index contributed by atoms with van der Waals surface area (Å²) >= 11 is 5.68. The number of pyridine rings is 1. The van der Waals surface area contributed by atoms with Crippen LogP contribution in [-0.4, -0.2) is 10.1 Å². The van der Waals surface area contributed by atoms with Crippen molar-refractivity contribution >= 4 is 11.6 Å². The zero-order valence-corrected chi connectivity index (χ0v) is 10.9. The van der Waals surface area contributed by atoms with Crippen molar-refractivity contribution in [2.75, 3.05) is 0 Å². The van der Waals surface area contributed by atoms with E-state index >= 15 is 0 Å². The maximum absolute atomic E-state index is 13.7. The number of aliphatic hydroxyl groups excluding tert-OH is 1. The summed E-state index contributed by atoms with van der Waals surface area (Å²) in [6.45, 7) is 3.76. The Kier molecular flexibility index (Phi) is 3.64. The van der Waals surface area contributed by atoms with Crippen LogP contribution in [0, 0.1) is 19.7 Å². The molecule has 1 aromatic carbocycles. The van der Waals surface area contributed by atoms with Crippen LogP contribution in [0.2, 0.25) is 5.02 Å². The Morgan fingerprint density at radius 2 is 2.00 bits per heavy atom. The maximum atomic E-state index is 13.7. The second-order valence-corrected chi connectivity index (χ2v) is 4.72. The molecule has 0 bridgehead atoms. The maximum Gasteiger partial charge on any atom is 0.130 e. The molecule has 18 heavy (non-hydrogen) atoms. The van der Waals surface area contributed by atoms with E-state index in [1.54, 1.807) is 12.3 Å². The van der Waals surface area contributed by atoms with E-state index in [0.717, 1.165) is 11.1 Å². The molecule has 0 amide bonds. The van der Waals surface area contributed by atoms with E-state index < -0.39 is 11.9 Å². The van der Waals surface area contributed by atoms with Crippen molar-refractivity contribution in [3.63, 3.8) is 0 Å². The molecule has 2 rings (SSSR count). The summed E-state index contributed by atoms with van der Waals surface area (Å²) in [6.07, 6.45) is 0.571. The number of aromatic nitrogens is 1. The molecule has 1 atom stereocenters. The highest BCUT2D eigenvalue weighted by Crippen LogP contribution is 2.27. The summed E-state index contributed by atoms with van der Waals surface area (Å²) in [5, 5.41) is 10.5. The molecule has 0 radical (unpaired) electrons. The van der Waals surface area contributed by atoms with Crippen LogP contribution >= 0.6 is 11.6 Å². The van der Waals surface area contributed by atoms with E-state index in [1.165, 1.54) is 12.1 Å². The van der Waals surface area contributed by atoms with Crippen LogP contribution < -0.4 is 0 Å². The minimum atomic E-state index is -1.08. The van der Waals surface area contributed by atoms with Gasteiger partial charge in [0, 0.05) is 16.8 Å². The van der Waals surface area contributed by atoms with Gasteiger partial charge in [-0.25, -0.2) is 4.39 Å². The molecule has 0 fully saturated rings. The number of halogens is 2. The Hall–Kier alpha value is -1.45. The van der Waals surface area contributed by atoms with Crippen LogP contribution in [0.4, 0.5) is 4.39 Å². The molecule has 0 aliphatic carbocycles. The van der Waals surface area contributed by atoms with Crippen molar-refractivity contribution in [3.05, 3.63) is 63.7 Å². The molecule has 0 aliphatic heterocycles. The lowest BCUT2D eigenvalue weighted by Crippen LogP contribution is -2.07. The molecule has 4 heteroatoms. The molecule has 2 aromatic rings. The van der Waals surface area contributed by atoms with Gasteiger partial charge in [0.1, 0.15) is 11.9 Å². The van der Waals surface area contributed by atoms with Crippen molar-refractivity contribution in [2.45, 2.75) is 20.0 Å². The molecular formula is C14H13ClFNO. The van der Waals surface area contributed by atoms with Crippen LogP contribution in [-0.2, 0) is 0 Å². The third-order valence-electron chi connectivity index (χ3n) is 2.77. The molecular weight excluding hydrogens is 253 g/mol. The van der Waals surface area contributed by atoms with E-state index in [0.29, 0.717) is 10.7 Å². The third-order valence-corrected chi connectivity index (χ3v) is 3.01. The number of aliphatic hydroxyl groups is 1. The van der Waals surface area contributed by atoms with E-state index in [9.17, 15) is 9.50 Å². The predicted molar refractivity (Wildman–Crippen MR) is 69.2 cm³/mol. The van der Waals surface area contributed by atoms with E-state index in [2.05, 4.69) is 4.98 Å². The number of hydrogen-bond donors (Lipinski definition) is 1. The SMILES string of the molecule is Cc1cnc(C(O)c2ccc(Cl)cc2F)c(C)c1. The third kappa shape index (κ3) is 2.52. The lowest BCUT2D eigenvalue weighted by atomic mass is 10.0. The summed E-state index contributed by atoms with van der Waals surface area (Å²) in [5.74, 6) is -0.531. The van der Waals surface area contributed by atoms with Crippen molar-refractivity contribution in [1.29, 1.82) is 0 Å². The number of nitrogens with zero attached hydrogens (tertiary/aromatic N) is 1. The van der Waals surface area contributed by atoms with E-state index in [1.807, 2.05) is 19.9 Å². The Morgan fingerprint density at radius 3 is 2.61 bits per heavy atom. The molecule has 1 heterocycles. The second kappa shape index (κ2) is 5.04. The Labute approximate surface area is 110 Å². The number of aryl methyl sites for hydroxylation is 2. The lowest BCUT2D eigenvalue weighted by molar-refractivity contribution is 0.209. The first kappa shape index (κ1) is 13.0. The number of hydrogen-bond acceptors (Lipinski definition) is 2. The van der Waals surface area contributed by atoms with Gasteiger partial charge >= 0.3 is 0 Å². The van der Waals surface area contributed by atoms with Gasteiger partial charge in [-0.1, -0.05) is 23.7 Å². The summed E-state index contributed by atoms with van der Waals surface area (Å²) < 4.78 is 13.7. The lowest BCUT2D eigenvalue weighted by Gasteiger charge is -2.14. The first-order valence-corrected chi connectivity index (χ1v) is 5.93. The molecule has 1 aromatic heterocycles. The van der Waals surface area contributed by atoms with Gasteiger partial charge in [0.15, 0.2) is 0 Å². The summed E-state index contributed by atoms with van der Waals surface area (Å²) in [6, 6.07) is 6.11. The molecule has 0 aliphatic rings. The van der Waals surface area contributed by atoms with Crippen LogP contribution in [0.3, 0.4) is 0 Å². The molecule has 2 nitrogen and oxygen atoms in total. The minimum absolute atomic E-state index is 0.179. The van der Waals surface area contributed by atoms with Crippen molar-refractivity contribution in [3.8, 4) is 0 Å². The van der Waals surface area contributed by atoms with Gasteiger partial charge in [-0.05, 0) is 37.1 Å². The monoisotopic (exact) mass is 265 g/mol. The van der Waals surface area contributed by atoms with Crippen molar-refractivity contribution in [2.24, 2.45) is 0 Å². The summed E-state index contributed by atoms with van der Waals surface area (Å²) in [5.41, 5.74) is 2.47. The van der Waals surface area contributed by atoms with Gasteiger partial charge in [0.25, 0.3) is 0 Å². The van der Waals surface area contributed by atoms with Crippen LogP contribution in [0.15, 0.2) is 30.5 Å². The largest absolute Gasteiger partial charge is 0.382 e. The Bertz CT molecular complexity index is 535. The molecule has 94 valence electrons. The van der Waals surface area contributed by atoms with Gasteiger partial charge in [0.05, 0.1) is 5.69 Å². The number of benzene rings is 1. The van der Waals surface area contributed by atoms with E-state index in [4.69, 9.17) is 11.6 Å². The topological polar surface area (TPSA) is 33.1 Å². The molecule has 0 spiro atoms. The smallest absolute Gasteiger partial charge is 0.130 e. The van der Waals surface area contributed by atoms with Crippen LogP contribution in [0.5, 0.6) is 0 Å². The summed E-state index contributed by atoms with van der Waals surface area (Å²) in [7, 11) is 0. The predicted octanol–water partition coefficient (Wildman–Crippen LogP) is 3.57.